The Morgan fingerprint density at radius 2 is 2.12 bits per heavy atom. The molecule has 1 amide bonds. The van der Waals surface area contributed by atoms with Gasteiger partial charge in [0.2, 0.25) is 5.91 Å². The molecule has 1 saturated heterocycles. The molecule has 0 bridgehead atoms. The average molecular weight is 359 g/mol. The van der Waals surface area contributed by atoms with E-state index in [2.05, 4.69) is 21.3 Å². The third-order valence-corrected chi connectivity index (χ3v) is 5.43. The topological polar surface area (TPSA) is 48.5 Å². The number of aryl methyl sites for hydroxylation is 1. The normalized spacial score (nSPS) is 15.6. The van der Waals surface area contributed by atoms with Gasteiger partial charge in [0.25, 0.3) is 0 Å². The summed E-state index contributed by atoms with van der Waals surface area (Å²) in [5.41, 5.74) is 3.10. The Labute approximate surface area is 153 Å². The van der Waals surface area contributed by atoms with Crippen LogP contribution in [0.1, 0.15) is 35.7 Å². The second kappa shape index (κ2) is 7.97. The predicted octanol–water partition coefficient (Wildman–Crippen LogP) is 2.97. The van der Waals surface area contributed by atoms with E-state index in [0.29, 0.717) is 6.54 Å². The summed E-state index contributed by atoms with van der Waals surface area (Å²) in [6.45, 7) is 4.70. The number of aromatic nitrogens is 1. The maximum Gasteiger partial charge on any atom is 0.242 e. The number of anilines is 1. The third kappa shape index (κ3) is 4.38. The van der Waals surface area contributed by atoms with Crippen molar-refractivity contribution in [3.05, 3.63) is 46.5 Å². The molecule has 1 aromatic carbocycles. The highest BCUT2D eigenvalue weighted by atomic mass is 32.1. The van der Waals surface area contributed by atoms with Gasteiger partial charge in [-0.15, -0.1) is 11.3 Å². The van der Waals surface area contributed by atoms with Crippen molar-refractivity contribution in [2.24, 2.45) is 0 Å². The molecule has 1 atom stereocenters. The molecule has 25 heavy (non-hydrogen) atoms. The monoisotopic (exact) mass is 358 g/mol. The van der Waals surface area contributed by atoms with E-state index < -0.39 is 0 Å². The molecule has 0 aliphatic carbocycles. The standard InChI is InChI=1S/C19H26N4OS/c1-14-7-6-8-15(11-14)17(22(2)3)18(24)20-12-16-13-25-19(21-16)23-9-4-5-10-23/h6-8,11,13,17H,4-5,9-10,12H2,1-3H3,(H,20,24). The highest BCUT2D eigenvalue weighted by molar-refractivity contribution is 7.13. The summed E-state index contributed by atoms with van der Waals surface area (Å²) in [7, 11) is 3.86. The summed E-state index contributed by atoms with van der Waals surface area (Å²) in [5, 5.41) is 6.17. The third-order valence-electron chi connectivity index (χ3n) is 4.48. The first-order valence-corrected chi connectivity index (χ1v) is 9.62. The Hall–Kier alpha value is -1.92. The minimum Gasteiger partial charge on any atom is -0.349 e. The number of amides is 1. The number of nitrogens with zero attached hydrogens (tertiary/aromatic N) is 3. The molecule has 0 spiro atoms. The van der Waals surface area contributed by atoms with Gasteiger partial charge in [0.1, 0.15) is 6.04 Å². The molecule has 1 aromatic heterocycles. The highest BCUT2D eigenvalue weighted by Gasteiger charge is 2.23. The highest BCUT2D eigenvalue weighted by Crippen LogP contribution is 2.24. The lowest BCUT2D eigenvalue weighted by Gasteiger charge is -2.24. The summed E-state index contributed by atoms with van der Waals surface area (Å²) in [6.07, 6.45) is 2.49. The van der Waals surface area contributed by atoms with E-state index in [0.717, 1.165) is 35.0 Å². The fourth-order valence-electron chi connectivity index (χ4n) is 3.23. The predicted molar refractivity (Wildman–Crippen MR) is 103 cm³/mol. The molecule has 1 aliphatic rings. The van der Waals surface area contributed by atoms with Crippen LogP contribution in [0.15, 0.2) is 29.6 Å². The van der Waals surface area contributed by atoms with Crippen LogP contribution in [0.25, 0.3) is 0 Å². The van der Waals surface area contributed by atoms with E-state index in [9.17, 15) is 4.79 Å². The first-order chi connectivity index (χ1) is 12.0. The Morgan fingerprint density at radius 3 is 2.80 bits per heavy atom. The summed E-state index contributed by atoms with van der Waals surface area (Å²) >= 11 is 1.66. The van der Waals surface area contributed by atoms with E-state index in [4.69, 9.17) is 0 Å². The fourth-order valence-corrected chi connectivity index (χ4v) is 4.11. The number of likely N-dealkylation sites (N-methyl/N-ethyl adjacent to an activating group) is 1. The maximum atomic E-state index is 12.7. The molecule has 134 valence electrons. The Morgan fingerprint density at radius 1 is 1.36 bits per heavy atom. The van der Waals surface area contributed by atoms with Crippen LogP contribution in [-0.4, -0.2) is 43.0 Å². The summed E-state index contributed by atoms with van der Waals surface area (Å²) in [5.74, 6) is 0.00585. The van der Waals surface area contributed by atoms with Crippen molar-refractivity contribution in [2.45, 2.75) is 32.4 Å². The van der Waals surface area contributed by atoms with Crippen molar-refractivity contribution < 1.29 is 4.79 Å². The number of benzene rings is 1. The zero-order chi connectivity index (χ0) is 17.8. The molecule has 5 nitrogen and oxygen atoms in total. The number of hydrogen-bond acceptors (Lipinski definition) is 5. The lowest BCUT2D eigenvalue weighted by Crippen LogP contribution is -2.36. The van der Waals surface area contributed by atoms with Gasteiger partial charge in [-0.1, -0.05) is 29.8 Å². The van der Waals surface area contributed by atoms with Crippen LogP contribution in [0.4, 0.5) is 5.13 Å². The number of carbonyl (C=O) groups is 1. The van der Waals surface area contributed by atoms with E-state index >= 15 is 0 Å². The number of thiazole rings is 1. The van der Waals surface area contributed by atoms with E-state index in [1.807, 2.05) is 49.5 Å². The van der Waals surface area contributed by atoms with E-state index in [1.165, 1.54) is 12.8 Å². The summed E-state index contributed by atoms with van der Waals surface area (Å²) in [4.78, 5) is 21.7. The number of carbonyl (C=O) groups excluding carboxylic acids is 1. The molecular formula is C19H26N4OS. The van der Waals surface area contributed by atoms with Crippen LogP contribution in [-0.2, 0) is 11.3 Å². The van der Waals surface area contributed by atoms with Crippen LogP contribution in [0.3, 0.4) is 0 Å². The Bertz CT molecular complexity index is 722. The van der Waals surface area contributed by atoms with Gasteiger partial charge in [0, 0.05) is 18.5 Å². The van der Waals surface area contributed by atoms with Crippen molar-refractivity contribution >= 4 is 22.4 Å². The summed E-state index contributed by atoms with van der Waals surface area (Å²) < 4.78 is 0. The molecule has 0 saturated carbocycles. The van der Waals surface area contributed by atoms with Gasteiger partial charge in [0.05, 0.1) is 12.2 Å². The van der Waals surface area contributed by atoms with E-state index in [-0.39, 0.29) is 11.9 Å². The van der Waals surface area contributed by atoms with Crippen molar-refractivity contribution in [1.29, 1.82) is 0 Å². The molecule has 6 heteroatoms. The van der Waals surface area contributed by atoms with Gasteiger partial charge < -0.3 is 10.2 Å². The molecule has 2 heterocycles. The Balaban J connectivity index is 1.64. The van der Waals surface area contributed by atoms with Gasteiger partial charge in [0.15, 0.2) is 5.13 Å². The molecule has 1 N–H and O–H groups in total. The largest absolute Gasteiger partial charge is 0.349 e. The van der Waals surface area contributed by atoms with Crippen LogP contribution in [0.5, 0.6) is 0 Å². The molecule has 1 aliphatic heterocycles. The second-order valence-electron chi connectivity index (χ2n) is 6.81. The molecule has 2 aromatic rings. The van der Waals surface area contributed by atoms with Crippen LogP contribution < -0.4 is 10.2 Å². The Kier molecular flexibility index (Phi) is 5.71. The van der Waals surface area contributed by atoms with Crippen molar-refractivity contribution in [3.63, 3.8) is 0 Å². The van der Waals surface area contributed by atoms with Crippen molar-refractivity contribution in [1.82, 2.24) is 15.2 Å². The first-order valence-electron chi connectivity index (χ1n) is 8.74. The number of rotatable bonds is 6. The quantitative estimate of drug-likeness (QED) is 0.862. The number of hydrogen-bond donors (Lipinski definition) is 1. The molecule has 1 fully saturated rings. The molecule has 1 unspecified atom stereocenters. The maximum absolute atomic E-state index is 12.7. The van der Waals surface area contributed by atoms with Crippen LogP contribution in [0, 0.1) is 6.92 Å². The van der Waals surface area contributed by atoms with Gasteiger partial charge in [-0.3, -0.25) is 9.69 Å². The average Bonchev–Trinajstić information content (AvgIpc) is 3.24. The lowest BCUT2D eigenvalue weighted by atomic mass is 10.0. The zero-order valence-corrected chi connectivity index (χ0v) is 16.0. The fraction of sp³-hybridized carbons (Fsp3) is 0.474. The van der Waals surface area contributed by atoms with Crippen LogP contribution in [0.2, 0.25) is 0 Å². The van der Waals surface area contributed by atoms with Gasteiger partial charge in [-0.25, -0.2) is 4.98 Å². The lowest BCUT2D eigenvalue weighted by molar-refractivity contribution is -0.126. The first kappa shape index (κ1) is 17.9. The SMILES string of the molecule is Cc1cccc(C(C(=O)NCc2csc(N3CCCC3)n2)N(C)C)c1. The minimum absolute atomic E-state index is 0.00585. The molecule has 0 radical (unpaired) electrons. The minimum atomic E-state index is -0.295. The van der Waals surface area contributed by atoms with Gasteiger partial charge >= 0.3 is 0 Å². The summed E-state index contributed by atoms with van der Waals surface area (Å²) in [6, 6.07) is 7.82. The van der Waals surface area contributed by atoms with Gasteiger partial charge in [-0.05, 0) is 39.4 Å². The molecular weight excluding hydrogens is 332 g/mol. The zero-order valence-electron chi connectivity index (χ0n) is 15.2. The van der Waals surface area contributed by atoms with E-state index in [1.54, 1.807) is 11.3 Å². The second-order valence-corrected chi connectivity index (χ2v) is 7.65. The smallest absolute Gasteiger partial charge is 0.242 e. The number of nitrogens with one attached hydrogen (secondary N) is 1. The van der Waals surface area contributed by atoms with Crippen molar-refractivity contribution in [2.75, 3.05) is 32.1 Å². The molecule has 3 rings (SSSR count). The van der Waals surface area contributed by atoms with Crippen molar-refractivity contribution in [3.8, 4) is 0 Å². The van der Waals surface area contributed by atoms with Crippen LogP contribution >= 0.6 is 11.3 Å². The van der Waals surface area contributed by atoms with Gasteiger partial charge in [-0.2, -0.15) is 0 Å².